The van der Waals surface area contributed by atoms with Crippen molar-refractivity contribution in [2.75, 3.05) is 26.7 Å². The highest BCUT2D eigenvalue weighted by Gasteiger charge is 2.17. The predicted molar refractivity (Wildman–Crippen MR) is 73.2 cm³/mol. The molecule has 0 radical (unpaired) electrons. The van der Waals surface area contributed by atoms with Gasteiger partial charge in [0, 0.05) is 32.9 Å². The zero-order chi connectivity index (χ0) is 14.1. The summed E-state index contributed by atoms with van der Waals surface area (Å²) in [7, 11) is 1.88. The number of nitrogens with one attached hydrogen (secondary N) is 1. The molecule has 0 aromatic heterocycles. The van der Waals surface area contributed by atoms with Gasteiger partial charge < -0.3 is 15.0 Å². The van der Waals surface area contributed by atoms with Crippen LogP contribution in [0, 0.1) is 11.3 Å². The Balaban J connectivity index is 2.41. The molecule has 0 aliphatic carbocycles. The van der Waals surface area contributed by atoms with E-state index >= 15 is 0 Å². The molecule has 1 amide bonds. The number of carbonyl (C=O) groups excluding carboxylic acids is 1. The summed E-state index contributed by atoms with van der Waals surface area (Å²) in [5.41, 5.74) is 0.150. The van der Waals surface area contributed by atoms with Crippen molar-refractivity contribution in [2.45, 2.75) is 38.7 Å². The van der Waals surface area contributed by atoms with E-state index in [2.05, 4.69) is 12.2 Å². The average Bonchev–Trinajstić information content (AvgIpc) is 2.93. The molecule has 0 aromatic carbocycles. The van der Waals surface area contributed by atoms with Crippen molar-refractivity contribution < 1.29 is 9.53 Å². The molecule has 1 N–H and O–H groups in total. The average molecular weight is 265 g/mol. The normalized spacial score (nSPS) is 19.0. The largest absolute Gasteiger partial charge is 0.379 e. The van der Waals surface area contributed by atoms with Crippen molar-refractivity contribution >= 4 is 5.91 Å². The number of hydrogen-bond donors (Lipinski definition) is 1. The highest BCUT2D eigenvalue weighted by atomic mass is 16.5. The van der Waals surface area contributed by atoms with Gasteiger partial charge in [0.05, 0.1) is 6.10 Å². The summed E-state index contributed by atoms with van der Waals surface area (Å²) in [6.07, 6.45) is 5.86. The number of unbranched alkanes of at least 4 members (excludes halogenated alkanes) is 1. The number of ether oxygens (including phenoxy) is 1. The first-order valence-corrected chi connectivity index (χ1v) is 6.89. The van der Waals surface area contributed by atoms with Gasteiger partial charge >= 0.3 is 0 Å². The molecule has 106 valence electrons. The van der Waals surface area contributed by atoms with E-state index in [0.717, 1.165) is 38.8 Å². The van der Waals surface area contributed by atoms with Gasteiger partial charge in [-0.05, 0) is 19.3 Å². The smallest absolute Gasteiger partial charge is 0.263 e. The van der Waals surface area contributed by atoms with Crippen molar-refractivity contribution in [1.82, 2.24) is 10.2 Å². The molecule has 0 saturated carbocycles. The number of carbonyl (C=O) groups is 1. The van der Waals surface area contributed by atoms with Gasteiger partial charge in [0.2, 0.25) is 0 Å². The van der Waals surface area contributed by atoms with E-state index in [1.54, 1.807) is 6.20 Å². The molecule has 1 unspecified atom stereocenters. The summed E-state index contributed by atoms with van der Waals surface area (Å²) in [6, 6.07) is 1.95. The fourth-order valence-corrected chi connectivity index (χ4v) is 1.94. The summed E-state index contributed by atoms with van der Waals surface area (Å²) < 4.78 is 5.42. The van der Waals surface area contributed by atoms with Crippen LogP contribution in [0.3, 0.4) is 0 Å². The number of rotatable bonds is 7. The second kappa shape index (κ2) is 8.54. The summed E-state index contributed by atoms with van der Waals surface area (Å²) in [5, 5.41) is 11.8. The zero-order valence-corrected chi connectivity index (χ0v) is 11.8. The van der Waals surface area contributed by atoms with E-state index in [-0.39, 0.29) is 17.6 Å². The maximum absolute atomic E-state index is 11.9. The Kier molecular flexibility index (Phi) is 6.98. The third-order valence-corrected chi connectivity index (χ3v) is 3.09. The minimum Gasteiger partial charge on any atom is -0.379 e. The Hall–Kier alpha value is -1.54. The highest BCUT2D eigenvalue weighted by Crippen LogP contribution is 2.10. The van der Waals surface area contributed by atoms with E-state index in [1.165, 1.54) is 0 Å². The molecule has 1 aliphatic heterocycles. The van der Waals surface area contributed by atoms with Gasteiger partial charge in [0.1, 0.15) is 11.6 Å². The summed E-state index contributed by atoms with van der Waals surface area (Å²) in [5.74, 6) is -0.318. The number of hydrogen-bond acceptors (Lipinski definition) is 4. The Labute approximate surface area is 115 Å². The Morgan fingerprint density at radius 2 is 2.42 bits per heavy atom. The van der Waals surface area contributed by atoms with Crippen LogP contribution in [0.15, 0.2) is 11.8 Å². The standard InChI is InChI=1S/C14H23N3O2/c1-3-4-7-17(2)11-12(9-15)14(18)16-10-13-6-5-8-19-13/h11,13H,3-8,10H2,1-2H3,(H,16,18)/b12-11-. The predicted octanol–water partition coefficient (Wildman–Crippen LogP) is 1.42. The molecule has 1 atom stereocenters. The lowest BCUT2D eigenvalue weighted by Gasteiger charge is -2.14. The highest BCUT2D eigenvalue weighted by molar-refractivity contribution is 5.97. The van der Waals surface area contributed by atoms with Crippen LogP contribution in [0.1, 0.15) is 32.6 Å². The number of nitriles is 1. The number of nitrogens with zero attached hydrogens (tertiary/aromatic N) is 2. The molecule has 5 nitrogen and oxygen atoms in total. The van der Waals surface area contributed by atoms with Crippen LogP contribution in [0.5, 0.6) is 0 Å². The first-order chi connectivity index (χ1) is 9.17. The van der Waals surface area contributed by atoms with Gasteiger partial charge in [-0.25, -0.2) is 0 Å². The van der Waals surface area contributed by atoms with E-state index < -0.39 is 0 Å². The molecule has 1 aliphatic rings. The lowest BCUT2D eigenvalue weighted by molar-refractivity contribution is -0.117. The van der Waals surface area contributed by atoms with Crippen LogP contribution in [0.4, 0.5) is 0 Å². The number of amides is 1. The second-order valence-electron chi connectivity index (χ2n) is 4.83. The molecule has 1 fully saturated rings. The lowest BCUT2D eigenvalue weighted by Crippen LogP contribution is -2.33. The molecular formula is C14H23N3O2. The van der Waals surface area contributed by atoms with Gasteiger partial charge in [-0.2, -0.15) is 5.26 Å². The van der Waals surface area contributed by atoms with E-state index in [0.29, 0.717) is 6.54 Å². The van der Waals surface area contributed by atoms with E-state index in [4.69, 9.17) is 10.00 Å². The molecule has 1 heterocycles. The zero-order valence-electron chi connectivity index (χ0n) is 11.8. The maximum atomic E-state index is 11.9. The quantitative estimate of drug-likeness (QED) is 0.558. The third kappa shape index (κ3) is 5.75. The van der Waals surface area contributed by atoms with Gasteiger partial charge in [-0.3, -0.25) is 4.79 Å². The SMILES string of the molecule is CCCCN(C)/C=C(/C#N)C(=O)NCC1CCCO1. The first kappa shape index (κ1) is 15.5. The Morgan fingerprint density at radius 3 is 3.00 bits per heavy atom. The molecule has 0 aromatic rings. The van der Waals surface area contributed by atoms with Crippen LogP contribution < -0.4 is 5.32 Å². The van der Waals surface area contributed by atoms with Gasteiger partial charge in [-0.1, -0.05) is 13.3 Å². The molecule has 5 heteroatoms. The van der Waals surface area contributed by atoms with Crippen molar-refractivity contribution in [1.29, 1.82) is 5.26 Å². The summed E-state index contributed by atoms with van der Waals surface area (Å²) in [4.78, 5) is 13.7. The van der Waals surface area contributed by atoms with Crippen molar-refractivity contribution in [3.63, 3.8) is 0 Å². The van der Waals surface area contributed by atoms with Crippen LogP contribution in [-0.2, 0) is 9.53 Å². The minimum atomic E-state index is -0.318. The fraction of sp³-hybridized carbons (Fsp3) is 0.714. The summed E-state index contributed by atoms with van der Waals surface area (Å²) in [6.45, 7) is 4.20. The molecule has 1 saturated heterocycles. The van der Waals surface area contributed by atoms with Gasteiger partial charge in [-0.15, -0.1) is 0 Å². The van der Waals surface area contributed by atoms with Crippen LogP contribution in [0.2, 0.25) is 0 Å². The lowest BCUT2D eigenvalue weighted by atomic mass is 10.2. The second-order valence-corrected chi connectivity index (χ2v) is 4.83. The van der Waals surface area contributed by atoms with Gasteiger partial charge in [0.25, 0.3) is 5.91 Å². The molecule has 0 spiro atoms. The monoisotopic (exact) mass is 265 g/mol. The molecule has 0 bridgehead atoms. The fourth-order valence-electron chi connectivity index (χ4n) is 1.94. The maximum Gasteiger partial charge on any atom is 0.263 e. The van der Waals surface area contributed by atoms with Crippen molar-refractivity contribution in [3.8, 4) is 6.07 Å². The summed E-state index contributed by atoms with van der Waals surface area (Å²) >= 11 is 0. The van der Waals surface area contributed by atoms with Gasteiger partial charge in [0.15, 0.2) is 0 Å². The van der Waals surface area contributed by atoms with Crippen LogP contribution in [-0.4, -0.2) is 43.7 Å². The Bertz CT molecular complexity index is 354. The molecular weight excluding hydrogens is 242 g/mol. The van der Waals surface area contributed by atoms with Crippen molar-refractivity contribution in [3.05, 3.63) is 11.8 Å². The van der Waals surface area contributed by atoms with Crippen LogP contribution >= 0.6 is 0 Å². The Morgan fingerprint density at radius 1 is 1.63 bits per heavy atom. The molecule has 1 rings (SSSR count). The topological polar surface area (TPSA) is 65.4 Å². The van der Waals surface area contributed by atoms with Crippen molar-refractivity contribution in [2.24, 2.45) is 0 Å². The third-order valence-electron chi connectivity index (χ3n) is 3.09. The minimum absolute atomic E-state index is 0.0988. The van der Waals surface area contributed by atoms with E-state index in [9.17, 15) is 4.79 Å². The van der Waals surface area contributed by atoms with E-state index in [1.807, 2.05) is 18.0 Å². The molecule has 19 heavy (non-hydrogen) atoms. The van der Waals surface area contributed by atoms with Crippen LogP contribution in [0.25, 0.3) is 0 Å². The first-order valence-electron chi connectivity index (χ1n) is 6.89.